The predicted octanol–water partition coefficient (Wildman–Crippen LogP) is 4.87. The first kappa shape index (κ1) is 20.4. The molecule has 0 aliphatic rings. The number of ketones is 1. The number of hydrogen-bond donors (Lipinski definition) is 1. The molecule has 0 aliphatic heterocycles. The van der Waals surface area contributed by atoms with Crippen molar-refractivity contribution in [3.05, 3.63) is 53.6 Å². The lowest BCUT2D eigenvalue weighted by atomic mass is 10.1. The van der Waals surface area contributed by atoms with Crippen molar-refractivity contribution in [3.8, 4) is 23.0 Å². The number of aromatic hydroxyl groups is 1. The Hall–Kier alpha value is -2.95. The number of allylic oxidation sites excluding steroid dienone is 1. The second-order valence-corrected chi connectivity index (χ2v) is 5.93. The van der Waals surface area contributed by atoms with E-state index in [0.29, 0.717) is 30.3 Å². The number of carbonyl (C=O) groups excluding carboxylic acids is 1. The van der Waals surface area contributed by atoms with Crippen LogP contribution in [0.4, 0.5) is 0 Å². The molecule has 0 amide bonds. The molecule has 0 bridgehead atoms. The number of methoxy groups -OCH3 is 1. The zero-order chi connectivity index (χ0) is 19.6. The summed E-state index contributed by atoms with van der Waals surface area (Å²) in [7, 11) is 1.44. The Bertz CT molecular complexity index is 795. The smallest absolute Gasteiger partial charge is 0.185 e. The summed E-state index contributed by atoms with van der Waals surface area (Å²) in [6.45, 7) is 5.21. The number of carbonyl (C=O) groups is 1. The lowest BCUT2D eigenvalue weighted by Gasteiger charge is -2.12. The number of benzene rings is 2. The molecule has 27 heavy (non-hydrogen) atoms. The molecule has 0 unspecified atom stereocenters. The van der Waals surface area contributed by atoms with Gasteiger partial charge in [0.05, 0.1) is 20.3 Å². The third-order valence-corrected chi connectivity index (χ3v) is 3.91. The highest BCUT2D eigenvalue weighted by molar-refractivity contribution is 6.07. The highest BCUT2D eigenvalue weighted by Gasteiger charge is 2.09. The number of rotatable bonds is 10. The van der Waals surface area contributed by atoms with Crippen LogP contribution in [0.5, 0.6) is 23.0 Å². The zero-order valence-corrected chi connectivity index (χ0v) is 16.0. The normalized spacial score (nSPS) is 10.8. The Balaban J connectivity index is 2.15. The van der Waals surface area contributed by atoms with Gasteiger partial charge in [0.15, 0.2) is 28.8 Å². The maximum Gasteiger partial charge on any atom is 0.185 e. The van der Waals surface area contributed by atoms with Gasteiger partial charge < -0.3 is 19.3 Å². The highest BCUT2D eigenvalue weighted by Crippen LogP contribution is 2.30. The maximum absolute atomic E-state index is 12.4. The van der Waals surface area contributed by atoms with Gasteiger partial charge in [0.2, 0.25) is 0 Å². The molecular formula is C22H26O5. The quantitative estimate of drug-likeness (QED) is 0.367. The lowest BCUT2D eigenvalue weighted by molar-refractivity contribution is 0.104. The largest absolute Gasteiger partial charge is 0.504 e. The van der Waals surface area contributed by atoms with E-state index in [1.807, 2.05) is 25.1 Å². The molecule has 0 aliphatic carbocycles. The van der Waals surface area contributed by atoms with Gasteiger partial charge in [-0.05, 0) is 55.3 Å². The van der Waals surface area contributed by atoms with Crippen molar-refractivity contribution in [3.63, 3.8) is 0 Å². The summed E-state index contributed by atoms with van der Waals surface area (Å²) in [6, 6.07) is 10.1. The SMILES string of the molecule is CCCCOc1ccc(C=CC(=O)c2ccc(O)c(OC)c2)cc1OCC. The minimum absolute atomic E-state index is 0.00181. The number of hydrogen-bond acceptors (Lipinski definition) is 5. The number of unbranched alkanes of at least 4 members (excludes halogenated alkanes) is 1. The molecule has 0 aromatic heterocycles. The number of phenolic OH excluding ortho intramolecular Hbond substituents is 1. The van der Waals surface area contributed by atoms with E-state index >= 15 is 0 Å². The third-order valence-electron chi connectivity index (χ3n) is 3.91. The van der Waals surface area contributed by atoms with E-state index < -0.39 is 0 Å². The first-order valence-corrected chi connectivity index (χ1v) is 9.08. The van der Waals surface area contributed by atoms with E-state index in [-0.39, 0.29) is 17.3 Å². The molecule has 0 spiro atoms. The topological polar surface area (TPSA) is 65.0 Å². The van der Waals surface area contributed by atoms with Crippen molar-refractivity contribution in [2.24, 2.45) is 0 Å². The van der Waals surface area contributed by atoms with Crippen molar-refractivity contribution in [2.45, 2.75) is 26.7 Å². The van der Waals surface area contributed by atoms with Gasteiger partial charge >= 0.3 is 0 Å². The van der Waals surface area contributed by atoms with Crippen LogP contribution < -0.4 is 14.2 Å². The van der Waals surface area contributed by atoms with E-state index in [4.69, 9.17) is 14.2 Å². The number of ether oxygens (including phenoxy) is 3. The molecule has 2 aromatic rings. The first-order chi connectivity index (χ1) is 13.1. The summed E-state index contributed by atoms with van der Waals surface area (Å²) in [4.78, 5) is 12.4. The van der Waals surface area contributed by atoms with Gasteiger partial charge in [0.1, 0.15) is 0 Å². The lowest BCUT2D eigenvalue weighted by Crippen LogP contribution is -2.01. The van der Waals surface area contributed by atoms with Crippen molar-refractivity contribution in [1.29, 1.82) is 0 Å². The fourth-order valence-corrected chi connectivity index (χ4v) is 2.44. The van der Waals surface area contributed by atoms with Crippen molar-refractivity contribution >= 4 is 11.9 Å². The fourth-order valence-electron chi connectivity index (χ4n) is 2.44. The summed E-state index contributed by atoms with van der Waals surface area (Å²) in [5.74, 6) is 1.44. The summed E-state index contributed by atoms with van der Waals surface area (Å²) in [5.41, 5.74) is 1.27. The minimum Gasteiger partial charge on any atom is -0.504 e. The molecule has 5 nitrogen and oxygen atoms in total. The minimum atomic E-state index is -0.186. The summed E-state index contributed by atoms with van der Waals surface area (Å²) in [5, 5.41) is 9.63. The molecule has 2 aromatic carbocycles. The van der Waals surface area contributed by atoms with Crippen molar-refractivity contribution in [1.82, 2.24) is 0 Å². The van der Waals surface area contributed by atoms with Gasteiger partial charge in [-0.2, -0.15) is 0 Å². The van der Waals surface area contributed by atoms with E-state index in [9.17, 15) is 9.90 Å². The van der Waals surface area contributed by atoms with Crippen LogP contribution in [0.25, 0.3) is 6.08 Å². The summed E-state index contributed by atoms with van der Waals surface area (Å²) in [6.07, 6.45) is 5.25. The molecule has 0 saturated carbocycles. The van der Waals surface area contributed by atoms with Crippen LogP contribution in [-0.4, -0.2) is 31.2 Å². The molecule has 2 rings (SSSR count). The molecule has 0 radical (unpaired) electrons. The second-order valence-electron chi connectivity index (χ2n) is 5.93. The van der Waals surface area contributed by atoms with Crippen LogP contribution in [0.15, 0.2) is 42.5 Å². The highest BCUT2D eigenvalue weighted by atomic mass is 16.5. The van der Waals surface area contributed by atoms with Gasteiger partial charge in [0.25, 0.3) is 0 Å². The molecule has 1 N–H and O–H groups in total. The molecular weight excluding hydrogens is 344 g/mol. The molecule has 0 heterocycles. The van der Waals surface area contributed by atoms with Gasteiger partial charge in [0, 0.05) is 5.56 Å². The maximum atomic E-state index is 12.4. The van der Waals surface area contributed by atoms with E-state index in [1.54, 1.807) is 12.1 Å². The van der Waals surface area contributed by atoms with Gasteiger partial charge in [-0.25, -0.2) is 0 Å². The van der Waals surface area contributed by atoms with E-state index in [0.717, 1.165) is 18.4 Å². The molecule has 0 fully saturated rings. The Morgan fingerprint density at radius 3 is 2.56 bits per heavy atom. The van der Waals surface area contributed by atoms with Crippen molar-refractivity contribution in [2.75, 3.05) is 20.3 Å². The van der Waals surface area contributed by atoms with Crippen LogP contribution in [-0.2, 0) is 0 Å². The Morgan fingerprint density at radius 1 is 1.04 bits per heavy atom. The number of phenols is 1. The average Bonchev–Trinajstić information content (AvgIpc) is 2.68. The predicted molar refractivity (Wildman–Crippen MR) is 106 cm³/mol. The average molecular weight is 370 g/mol. The van der Waals surface area contributed by atoms with E-state index in [1.165, 1.54) is 25.3 Å². The van der Waals surface area contributed by atoms with Gasteiger partial charge in [-0.3, -0.25) is 4.79 Å². The molecule has 5 heteroatoms. The standard InChI is InChI=1S/C22H26O5/c1-4-6-13-27-20-12-8-16(14-22(20)26-5-2)7-10-18(23)17-9-11-19(24)21(15-17)25-3/h7-12,14-15,24H,4-6,13H2,1-3H3. The summed E-state index contributed by atoms with van der Waals surface area (Å²) >= 11 is 0. The molecule has 0 atom stereocenters. The van der Waals surface area contributed by atoms with Crippen LogP contribution in [0.1, 0.15) is 42.6 Å². The zero-order valence-electron chi connectivity index (χ0n) is 16.0. The van der Waals surface area contributed by atoms with E-state index in [2.05, 4.69) is 6.92 Å². The Labute approximate surface area is 160 Å². The second kappa shape index (κ2) is 10.3. The summed E-state index contributed by atoms with van der Waals surface area (Å²) < 4.78 is 16.5. The monoisotopic (exact) mass is 370 g/mol. The van der Waals surface area contributed by atoms with Crippen LogP contribution >= 0.6 is 0 Å². The third kappa shape index (κ3) is 5.78. The van der Waals surface area contributed by atoms with Crippen LogP contribution in [0, 0.1) is 0 Å². The van der Waals surface area contributed by atoms with Crippen LogP contribution in [0.3, 0.4) is 0 Å². The Kier molecular flexibility index (Phi) is 7.74. The van der Waals surface area contributed by atoms with Gasteiger partial charge in [-0.1, -0.05) is 25.5 Å². The first-order valence-electron chi connectivity index (χ1n) is 9.08. The Morgan fingerprint density at radius 2 is 1.85 bits per heavy atom. The fraction of sp³-hybridized carbons (Fsp3) is 0.318. The molecule has 0 saturated heterocycles. The van der Waals surface area contributed by atoms with Gasteiger partial charge in [-0.15, -0.1) is 0 Å². The molecule has 144 valence electrons. The van der Waals surface area contributed by atoms with Crippen LogP contribution in [0.2, 0.25) is 0 Å². The van der Waals surface area contributed by atoms with Crippen molar-refractivity contribution < 1.29 is 24.1 Å².